The quantitative estimate of drug-likeness (QED) is 0.774. The normalized spacial score (nSPS) is 11.2. The summed E-state index contributed by atoms with van der Waals surface area (Å²) in [4.78, 5) is 12.1. The first-order chi connectivity index (χ1) is 12.2. The van der Waals surface area contributed by atoms with Crippen LogP contribution in [-0.4, -0.2) is 28.0 Å². The Balaban J connectivity index is 1.94. The Morgan fingerprint density at radius 3 is 2.50 bits per heavy atom. The number of carbonyl (C=O) groups is 1. The minimum atomic E-state index is -3.69. The Morgan fingerprint density at radius 2 is 1.85 bits per heavy atom. The SMILES string of the molecule is COc1cc(F)ccc1NC(=O)CCNS(=O)(=O)c1ccc(C)c(C)c1. The molecule has 0 aliphatic rings. The third-order valence-corrected chi connectivity index (χ3v) is 5.33. The summed E-state index contributed by atoms with van der Waals surface area (Å²) in [5.41, 5.74) is 2.18. The van der Waals surface area contributed by atoms with Crippen LogP contribution in [-0.2, 0) is 14.8 Å². The smallest absolute Gasteiger partial charge is 0.240 e. The zero-order valence-corrected chi connectivity index (χ0v) is 15.6. The van der Waals surface area contributed by atoms with Gasteiger partial charge in [-0.15, -0.1) is 0 Å². The summed E-state index contributed by atoms with van der Waals surface area (Å²) < 4.78 is 45.1. The van der Waals surface area contributed by atoms with E-state index in [0.29, 0.717) is 5.69 Å². The number of halogens is 1. The minimum absolute atomic E-state index is 0.0649. The molecule has 0 atom stereocenters. The highest BCUT2D eigenvalue weighted by Gasteiger charge is 2.15. The lowest BCUT2D eigenvalue weighted by atomic mass is 10.1. The fourth-order valence-electron chi connectivity index (χ4n) is 2.24. The summed E-state index contributed by atoms with van der Waals surface area (Å²) in [5.74, 6) is -0.715. The Kier molecular flexibility index (Phi) is 6.33. The first-order valence-electron chi connectivity index (χ1n) is 7.93. The molecule has 0 radical (unpaired) electrons. The van der Waals surface area contributed by atoms with Crippen LogP contribution in [0.25, 0.3) is 0 Å². The van der Waals surface area contributed by atoms with Crippen molar-refractivity contribution in [1.29, 1.82) is 0 Å². The van der Waals surface area contributed by atoms with Crippen LogP contribution in [0.5, 0.6) is 5.75 Å². The molecule has 0 unspecified atom stereocenters. The number of rotatable bonds is 7. The van der Waals surface area contributed by atoms with Gasteiger partial charge in [0.2, 0.25) is 15.9 Å². The van der Waals surface area contributed by atoms with Gasteiger partial charge < -0.3 is 10.1 Å². The molecule has 2 N–H and O–H groups in total. The first kappa shape index (κ1) is 19.9. The summed E-state index contributed by atoms with van der Waals surface area (Å²) in [6.45, 7) is 3.66. The third kappa shape index (κ3) is 5.03. The van der Waals surface area contributed by atoms with Crippen LogP contribution >= 0.6 is 0 Å². The van der Waals surface area contributed by atoms with Crippen LogP contribution in [0, 0.1) is 19.7 Å². The molecule has 2 aromatic carbocycles. The van der Waals surface area contributed by atoms with E-state index in [9.17, 15) is 17.6 Å². The molecular formula is C18H21FN2O4S. The number of methoxy groups -OCH3 is 1. The molecule has 26 heavy (non-hydrogen) atoms. The van der Waals surface area contributed by atoms with Crippen molar-refractivity contribution in [1.82, 2.24) is 4.72 Å². The van der Waals surface area contributed by atoms with E-state index < -0.39 is 21.7 Å². The van der Waals surface area contributed by atoms with Crippen molar-refractivity contribution in [2.45, 2.75) is 25.2 Å². The summed E-state index contributed by atoms with van der Waals surface area (Å²) >= 11 is 0. The molecule has 0 fully saturated rings. The molecule has 6 nitrogen and oxygen atoms in total. The number of benzene rings is 2. The van der Waals surface area contributed by atoms with Crippen molar-refractivity contribution in [2.75, 3.05) is 19.0 Å². The fourth-order valence-corrected chi connectivity index (χ4v) is 3.36. The van der Waals surface area contributed by atoms with Gasteiger partial charge in [-0.05, 0) is 49.2 Å². The van der Waals surface area contributed by atoms with Crippen molar-refractivity contribution in [3.63, 3.8) is 0 Å². The van der Waals surface area contributed by atoms with E-state index in [4.69, 9.17) is 4.74 Å². The lowest BCUT2D eigenvalue weighted by molar-refractivity contribution is -0.116. The van der Waals surface area contributed by atoms with E-state index >= 15 is 0 Å². The van der Waals surface area contributed by atoms with Crippen LogP contribution in [0.1, 0.15) is 17.5 Å². The molecule has 0 aromatic heterocycles. The second kappa shape index (κ2) is 8.29. The zero-order chi connectivity index (χ0) is 19.3. The predicted molar refractivity (Wildman–Crippen MR) is 97.3 cm³/mol. The summed E-state index contributed by atoms with van der Waals surface area (Å²) in [6.07, 6.45) is -0.0788. The molecule has 0 aliphatic carbocycles. The number of sulfonamides is 1. The molecular weight excluding hydrogens is 359 g/mol. The second-order valence-electron chi connectivity index (χ2n) is 5.79. The highest BCUT2D eigenvalue weighted by molar-refractivity contribution is 7.89. The van der Waals surface area contributed by atoms with Gasteiger partial charge in [0.25, 0.3) is 0 Å². The minimum Gasteiger partial charge on any atom is -0.494 e. The Morgan fingerprint density at radius 1 is 1.12 bits per heavy atom. The number of ether oxygens (including phenoxy) is 1. The van der Waals surface area contributed by atoms with Gasteiger partial charge in [0.15, 0.2) is 0 Å². The maximum absolute atomic E-state index is 13.2. The van der Waals surface area contributed by atoms with Gasteiger partial charge in [0, 0.05) is 19.0 Å². The van der Waals surface area contributed by atoms with Gasteiger partial charge in [-0.3, -0.25) is 4.79 Å². The maximum atomic E-state index is 13.2. The summed E-state index contributed by atoms with van der Waals surface area (Å²) in [7, 11) is -2.33. The number of hydrogen-bond donors (Lipinski definition) is 2. The average Bonchev–Trinajstić information content (AvgIpc) is 2.58. The Hall–Kier alpha value is -2.45. The average molecular weight is 380 g/mol. The third-order valence-electron chi connectivity index (χ3n) is 3.87. The van der Waals surface area contributed by atoms with Crippen LogP contribution in [0.2, 0.25) is 0 Å². The molecule has 0 bridgehead atoms. The van der Waals surface area contributed by atoms with Crippen molar-refractivity contribution in [2.24, 2.45) is 0 Å². The zero-order valence-electron chi connectivity index (χ0n) is 14.8. The molecule has 0 heterocycles. The van der Waals surface area contributed by atoms with Crippen LogP contribution in [0.3, 0.4) is 0 Å². The summed E-state index contributed by atoms with van der Waals surface area (Å²) in [6, 6.07) is 8.57. The summed E-state index contributed by atoms with van der Waals surface area (Å²) in [5, 5.41) is 2.57. The first-order valence-corrected chi connectivity index (χ1v) is 9.41. The molecule has 0 saturated heterocycles. The molecule has 0 saturated carbocycles. The highest BCUT2D eigenvalue weighted by Crippen LogP contribution is 2.25. The van der Waals surface area contributed by atoms with Crippen LogP contribution in [0.15, 0.2) is 41.3 Å². The van der Waals surface area contributed by atoms with E-state index in [1.165, 1.54) is 25.3 Å². The number of anilines is 1. The molecule has 140 valence electrons. The van der Waals surface area contributed by atoms with Crippen molar-refractivity contribution >= 4 is 21.6 Å². The maximum Gasteiger partial charge on any atom is 0.240 e. The molecule has 8 heteroatoms. The Bertz CT molecular complexity index is 913. The standard InChI is InChI=1S/C18H21FN2O4S/c1-12-4-6-15(10-13(12)2)26(23,24)20-9-8-18(22)21-16-7-5-14(19)11-17(16)25-3/h4-7,10-11,20H,8-9H2,1-3H3,(H,21,22). The van der Waals surface area contributed by atoms with E-state index in [1.54, 1.807) is 12.1 Å². The molecule has 1 amide bonds. The van der Waals surface area contributed by atoms with Crippen molar-refractivity contribution in [3.8, 4) is 5.75 Å². The monoisotopic (exact) mass is 380 g/mol. The molecule has 2 aromatic rings. The Labute approximate surface area is 152 Å². The number of carbonyl (C=O) groups excluding carboxylic acids is 1. The molecule has 0 spiro atoms. The second-order valence-corrected chi connectivity index (χ2v) is 7.55. The van der Waals surface area contributed by atoms with E-state index in [0.717, 1.165) is 17.2 Å². The molecule has 2 rings (SSSR count). The highest BCUT2D eigenvalue weighted by atomic mass is 32.2. The van der Waals surface area contributed by atoms with Gasteiger partial charge in [0.05, 0.1) is 17.7 Å². The van der Waals surface area contributed by atoms with Crippen LogP contribution < -0.4 is 14.8 Å². The van der Waals surface area contributed by atoms with Gasteiger partial charge in [-0.1, -0.05) is 6.07 Å². The van der Waals surface area contributed by atoms with Gasteiger partial charge in [0.1, 0.15) is 11.6 Å². The van der Waals surface area contributed by atoms with E-state index in [-0.39, 0.29) is 23.6 Å². The van der Waals surface area contributed by atoms with Crippen LogP contribution in [0.4, 0.5) is 10.1 Å². The topological polar surface area (TPSA) is 84.5 Å². The van der Waals surface area contributed by atoms with Gasteiger partial charge in [-0.25, -0.2) is 17.5 Å². The van der Waals surface area contributed by atoms with Crippen molar-refractivity contribution in [3.05, 3.63) is 53.3 Å². The predicted octanol–water partition coefficient (Wildman–Crippen LogP) is 2.76. The van der Waals surface area contributed by atoms with E-state index in [2.05, 4.69) is 10.0 Å². The molecule has 0 aliphatic heterocycles. The van der Waals surface area contributed by atoms with Gasteiger partial charge in [-0.2, -0.15) is 0 Å². The number of hydrogen-bond acceptors (Lipinski definition) is 4. The number of nitrogens with one attached hydrogen (secondary N) is 2. The largest absolute Gasteiger partial charge is 0.494 e. The van der Waals surface area contributed by atoms with Gasteiger partial charge >= 0.3 is 0 Å². The fraction of sp³-hybridized carbons (Fsp3) is 0.278. The number of amides is 1. The van der Waals surface area contributed by atoms with E-state index in [1.807, 2.05) is 13.8 Å². The lowest BCUT2D eigenvalue weighted by Gasteiger charge is -2.11. The lowest BCUT2D eigenvalue weighted by Crippen LogP contribution is -2.28. The van der Waals surface area contributed by atoms with Crippen molar-refractivity contribution < 1.29 is 22.3 Å². The number of aryl methyl sites for hydroxylation is 2.